The molecule has 0 aliphatic heterocycles. The second-order valence-electron chi connectivity index (χ2n) is 3.96. The average molecular weight is 280 g/mol. The van der Waals surface area contributed by atoms with E-state index in [1.807, 2.05) is 0 Å². The van der Waals surface area contributed by atoms with Crippen LogP contribution in [-0.4, -0.2) is 29.1 Å². The minimum atomic E-state index is -0.558. The zero-order valence-corrected chi connectivity index (χ0v) is 10.9. The standard InChI is InChI=1S/C13H16N2O5/c1-2-13(17)14-7-3-4-8-20-12-9-10(15(18)19)5-6-11(12)16/h2,5-6,9,16H,1,3-4,7-8H2,(H,14,17). The minimum absolute atomic E-state index is 0.0781. The Kier molecular flexibility index (Phi) is 6.02. The van der Waals surface area contributed by atoms with E-state index in [1.165, 1.54) is 24.3 Å². The van der Waals surface area contributed by atoms with Crippen molar-refractivity contribution < 1.29 is 19.6 Å². The van der Waals surface area contributed by atoms with Gasteiger partial charge in [0, 0.05) is 12.6 Å². The minimum Gasteiger partial charge on any atom is -0.504 e. The van der Waals surface area contributed by atoms with Crippen molar-refractivity contribution in [3.63, 3.8) is 0 Å². The maximum Gasteiger partial charge on any atom is 0.273 e. The number of hydrogen-bond acceptors (Lipinski definition) is 5. The topological polar surface area (TPSA) is 102 Å². The lowest BCUT2D eigenvalue weighted by Crippen LogP contribution is -2.22. The molecular formula is C13H16N2O5. The van der Waals surface area contributed by atoms with E-state index in [2.05, 4.69) is 11.9 Å². The highest BCUT2D eigenvalue weighted by Crippen LogP contribution is 2.30. The summed E-state index contributed by atoms with van der Waals surface area (Å²) in [5, 5.41) is 22.7. The van der Waals surface area contributed by atoms with Crippen LogP contribution in [0.4, 0.5) is 5.69 Å². The lowest BCUT2D eigenvalue weighted by molar-refractivity contribution is -0.385. The first-order valence-corrected chi connectivity index (χ1v) is 6.05. The summed E-state index contributed by atoms with van der Waals surface area (Å²) in [6.45, 7) is 4.11. The van der Waals surface area contributed by atoms with Crippen molar-refractivity contribution in [2.75, 3.05) is 13.2 Å². The Labute approximate surface area is 116 Å². The fraction of sp³-hybridized carbons (Fsp3) is 0.308. The predicted molar refractivity (Wildman–Crippen MR) is 72.7 cm³/mol. The number of nitro benzene ring substituents is 1. The van der Waals surface area contributed by atoms with Gasteiger partial charge >= 0.3 is 0 Å². The number of unbranched alkanes of at least 4 members (excludes halogenated alkanes) is 1. The second kappa shape index (κ2) is 7.78. The van der Waals surface area contributed by atoms with Gasteiger partial charge in [-0.15, -0.1) is 0 Å². The van der Waals surface area contributed by atoms with Crippen LogP contribution in [0.15, 0.2) is 30.9 Å². The van der Waals surface area contributed by atoms with Gasteiger partial charge in [0.2, 0.25) is 5.91 Å². The zero-order valence-electron chi connectivity index (χ0n) is 10.9. The third-order valence-electron chi connectivity index (χ3n) is 2.47. The van der Waals surface area contributed by atoms with Gasteiger partial charge in [-0.05, 0) is 25.0 Å². The van der Waals surface area contributed by atoms with Crippen LogP contribution in [0.25, 0.3) is 0 Å². The molecule has 0 aliphatic rings. The molecule has 108 valence electrons. The number of aromatic hydroxyl groups is 1. The fourth-order valence-corrected chi connectivity index (χ4v) is 1.42. The van der Waals surface area contributed by atoms with E-state index in [4.69, 9.17) is 4.74 Å². The fourth-order valence-electron chi connectivity index (χ4n) is 1.42. The van der Waals surface area contributed by atoms with Crippen LogP contribution in [0.5, 0.6) is 11.5 Å². The zero-order chi connectivity index (χ0) is 15.0. The Hall–Kier alpha value is -2.57. The molecule has 1 aromatic rings. The van der Waals surface area contributed by atoms with E-state index in [0.29, 0.717) is 26.0 Å². The molecule has 1 aromatic carbocycles. The summed E-state index contributed by atoms with van der Waals surface area (Å²) in [7, 11) is 0. The number of amides is 1. The molecule has 20 heavy (non-hydrogen) atoms. The van der Waals surface area contributed by atoms with Crippen molar-refractivity contribution in [2.24, 2.45) is 0 Å². The number of phenolic OH excluding ortho intramolecular Hbond substituents is 1. The predicted octanol–water partition coefficient (Wildman–Crippen LogP) is 1.76. The van der Waals surface area contributed by atoms with E-state index in [0.717, 1.165) is 0 Å². The van der Waals surface area contributed by atoms with Gasteiger partial charge in [0.25, 0.3) is 5.69 Å². The number of ether oxygens (including phenoxy) is 1. The lowest BCUT2D eigenvalue weighted by Gasteiger charge is -2.08. The molecule has 0 heterocycles. The maximum absolute atomic E-state index is 10.9. The summed E-state index contributed by atoms with van der Waals surface area (Å²) in [4.78, 5) is 20.9. The third kappa shape index (κ3) is 4.97. The monoisotopic (exact) mass is 280 g/mol. The average Bonchev–Trinajstić information content (AvgIpc) is 2.43. The number of carbonyl (C=O) groups is 1. The van der Waals surface area contributed by atoms with Crippen LogP contribution in [0.3, 0.4) is 0 Å². The first-order valence-electron chi connectivity index (χ1n) is 6.05. The summed E-state index contributed by atoms with van der Waals surface area (Å²) in [6, 6.07) is 3.60. The van der Waals surface area contributed by atoms with Gasteiger partial charge in [-0.25, -0.2) is 0 Å². The summed E-state index contributed by atoms with van der Waals surface area (Å²) >= 11 is 0. The number of phenols is 1. The van der Waals surface area contributed by atoms with Crippen LogP contribution >= 0.6 is 0 Å². The van der Waals surface area contributed by atoms with Crippen molar-refractivity contribution >= 4 is 11.6 Å². The van der Waals surface area contributed by atoms with Gasteiger partial charge in [-0.2, -0.15) is 0 Å². The van der Waals surface area contributed by atoms with Crippen molar-refractivity contribution in [1.29, 1.82) is 0 Å². The van der Waals surface area contributed by atoms with Gasteiger partial charge in [0.15, 0.2) is 11.5 Å². The van der Waals surface area contributed by atoms with Gasteiger partial charge in [0.1, 0.15) is 0 Å². The highest BCUT2D eigenvalue weighted by atomic mass is 16.6. The molecule has 0 saturated carbocycles. The van der Waals surface area contributed by atoms with Crippen molar-refractivity contribution in [3.8, 4) is 11.5 Å². The Bertz CT molecular complexity index is 502. The number of nitro groups is 1. The Morgan fingerprint density at radius 3 is 2.90 bits per heavy atom. The third-order valence-corrected chi connectivity index (χ3v) is 2.47. The van der Waals surface area contributed by atoms with Crippen molar-refractivity contribution in [2.45, 2.75) is 12.8 Å². The molecule has 0 radical (unpaired) electrons. The number of rotatable bonds is 8. The maximum atomic E-state index is 10.9. The smallest absolute Gasteiger partial charge is 0.273 e. The number of hydrogen-bond donors (Lipinski definition) is 2. The first-order chi connectivity index (χ1) is 9.54. The molecule has 0 bridgehead atoms. The summed E-state index contributed by atoms with van der Waals surface area (Å²) < 4.78 is 5.27. The molecule has 0 unspecified atom stereocenters. The van der Waals surface area contributed by atoms with E-state index >= 15 is 0 Å². The Morgan fingerprint density at radius 1 is 1.50 bits per heavy atom. The first kappa shape index (κ1) is 15.5. The molecular weight excluding hydrogens is 264 g/mol. The molecule has 0 aliphatic carbocycles. The van der Waals surface area contributed by atoms with E-state index in [1.54, 1.807) is 0 Å². The summed E-state index contributed by atoms with van der Waals surface area (Å²) in [6.07, 6.45) is 2.52. The Balaban J connectivity index is 2.35. The SMILES string of the molecule is C=CC(=O)NCCCCOc1cc([N+](=O)[O-])ccc1O. The van der Waals surface area contributed by atoms with Crippen LogP contribution in [0.1, 0.15) is 12.8 Å². The van der Waals surface area contributed by atoms with E-state index in [-0.39, 0.29) is 23.1 Å². The van der Waals surface area contributed by atoms with Crippen LogP contribution in [0, 0.1) is 10.1 Å². The Morgan fingerprint density at radius 2 is 2.25 bits per heavy atom. The molecule has 0 saturated heterocycles. The molecule has 0 fully saturated rings. The quantitative estimate of drug-likeness (QED) is 0.327. The number of nitrogens with zero attached hydrogens (tertiary/aromatic N) is 1. The van der Waals surface area contributed by atoms with Crippen molar-refractivity contribution in [1.82, 2.24) is 5.32 Å². The summed E-state index contributed by atoms with van der Waals surface area (Å²) in [5.74, 6) is -0.299. The van der Waals surface area contributed by atoms with E-state index in [9.17, 15) is 20.0 Å². The molecule has 1 amide bonds. The van der Waals surface area contributed by atoms with Gasteiger partial charge < -0.3 is 15.2 Å². The van der Waals surface area contributed by atoms with E-state index < -0.39 is 4.92 Å². The van der Waals surface area contributed by atoms with Gasteiger partial charge in [-0.3, -0.25) is 14.9 Å². The summed E-state index contributed by atoms with van der Waals surface area (Å²) in [5.41, 5.74) is -0.143. The molecule has 0 spiro atoms. The van der Waals surface area contributed by atoms with Gasteiger partial charge in [-0.1, -0.05) is 6.58 Å². The highest BCUT2D eigenvalue weighted by Gasteiger charge is 2.10. The molecule has 0 aromatic heterocycles. The molecule has 2 N–H and O–H groups in total. The normalized spacial score (nSPS) is 9.80. The highest BCUT2D eigenvalue weighted by molar-refractivity contribution is 5.86. The molecule has 7 nitrogen and oxygen atoms in total. The molecule has 7 heteroatoms. The number of carbonyl (C=O) groups excluding carboxylic acids is 1. The number of benzene rings is 1. The molecule has 0 atom stereocenters. The van der Waals surface area contributed by atoms with Crippen LogP contribution in [0.2, 0.25) is 0 Å². The number of non-ortho nitro benzene ring substituents is 1. The molecule has 1 rings (SSSR count). The lowest BCUT2D eigenvalue weighted by atomic mass is 10.3. The van der Waals surface area contributed by atoms with Crippen LogP contribution < -0.4 is 10.1 Å². The van der Waals surface area contributed by atoms with Gasteiger partial charge in [0.05, 0.1) is 17.6 Å². The van der Waals surface area contributed by atoms with Crippen molar-refractivity contribution in [3.05, 3.63) is 41.0 Å². The largest absolute Gasteiger partial charge is 0.504 e. The van der Waals surface area contributed by atoms with Crippen LogP contribution in [-0.2, 0) is 4.79 Å². The second-order valence-corrected chi connectivity index (χ2v) is 3.96. The number of nitrogens with one attached hydrogen (secondary N) is 1.